The zero-order chi connectivity index (χ0) is 14.1. The zero-order valence-electron chi connectivity index (χ0n) is 10.8. The fourth-order valence-corrected chi connectivity index (χ4v) is 3.66. The summed E-state index contributed by atoms with van der Waals surface area (Å²) in [4.78, 5) is 17.0. The number of halogens is 2. The van der Waals surface area contributed by atoms with E-state index in [0.29, 0.717) is 11.6 Å². The Kier molecular flexibility index (Phi) is 4.03. The molecule has 3 rings (SSSR count). The van der Waals surface area contributed by atoms with Crippen molar-refractivity contribution in [3.8, 4) is 0 Å². The van der Waals surface area contributed by atoms with E-state index in [1.165, 1.54) is 24.8 Å². The van der Waals surface area contributed by atoms with Crippen molar-refractivity contribution in [2.45, 2.75) is 25.2 Å². The predicted octanol–water partition coefficient (Wildman–Crippen LogP) is 5.11. The molecular formula is C16H13Br2NO. The van der Waals surface area contributed by atoms with Gasteiger partial charge in [0.05, 0.1) is 0 Å². The first-order valence-electron chi connectivity index (χ1n) is 6.61. The van der Waals surface area contributed by atoms with Crippen LogP contribution in [0.3, 0.4) is 0 Å². The first-order valence-corrected chi connectivity index (χ1v) is 8.20. The summed E-state index contributed by atoms with van der Waals surface area (Å²) in [5, 5.41) is 0. The summed E-state index contributed by atoms with van der Waals surface area (Å²) in [6.45, 7) is 0. The van der Waals surface area contributed by atoms with Crippen molar-refractivity contribution < 1.29 is 4.79 Å². The van der Waals surface area contributed by atoms with Crippen molar-refractivity contribution in [1.29, 1.82) is 0 Å². The molecule has 102 valence electrons. The predicted molar refractivity (Wildman–Crippen MR) is 86.1 cm³/mol. The van der Waals surface area contributed by atoms with Gasteiger partial charge in [-0.3, -0.25) is 9.78 Å². The van der Waals surface area contributed by atoms with Gasteiger partial charge in [-0.2, -0.15) is 0 Å². The summed E-state index contributed by atoms with van der Waals surface area (Å²) in [6.07, 6.45) is 5.27. The average Bonchev–Trinajstić information content (AvgIpc) is 2.37. The Morgan fingerprint density at radius 2 is 1.95 bits per heavy atom. The van der Waals surface area contributed by atoms with Crippen molar-refractivity contribution in [3.63, 3.8) is 0 Å². The van der Waals surface area contributed by atoms with Crippen molar-refractivity contribution in [2.24, 2.45) is 0 Å². The Labute approximate surface area is 134 Å². The van der Waals surface area contributed by atoms with E-state index in [1.54, 1.807) is 6.20 Å². The topological polar surface area (TPSA) is 30.0 Å². The van der Waals surface area contributed by atoms with E-state index in [1.807, 2.05) is 24.3 Å². The van der Waals surface area contributed by atoms with Gasteiger partial charge in [0.25, 0.3) is 0 Å². The third-order valence-corrected chi connectivity index (χ3v) is 4.81. The van der Waals surface area contributed by atoms with Gasteiger partial charge < -0.3 is 0 Å². The van der Waals surface area contributed by atoms with E-state index in [9.17, 15) is 4.79 Å². The lowest BCUT2D eigenvalue weighted by Crippen LogP contribution is -2.15. The number of carbonyl (C=O) groups is 1. The maximum absolute atomic E-state index is 12.7. The molecule has 1 aromatic carbocycles. The first kappa shape index (κ1) is 14.0. The minimum Gasteiger partial charge on any atom is -0.287 e. The fourth-order valence-electron chi connectivity index (χ4n) is 2.49. The van der Waals surface area contributed by atoms with Crippen LogP contribution in [-0.4, -0.2) is 10.8 Å². The summed E-state index contributed by atoms with van der Waals surface area (Å²) < 4.78 is 1.58. The second kappa shape index (κ2) is 5.78. The second-order valence-corrected chi connectivity index (χ2v) is 6.80. The number of benzene rings is 1. The normalized spacial score (nSPS) is 14.9. The summed E-state index contributed by atoms with van der Waals surface area (Å²) >= 11 is 6.78. The van der Waals surface area contributed by atoms with Gasteiger partial charge >= 0.3 is 0 Å². The van der Waals surface area contributed by atoms with Gasteiger partial charge in [0.15, 0.2) is 0 Å². The van der Waals surface area contributed by atoms with Crippen LogP contribution in [0, 0.1) is 0 Å². The highest BCUT2D eigenvalue weighted by molar-refractivity contribution is 9.11. The molecule has 0 spiro atoms. The van der Waals surface area contributed by atoms with Crippen LogP contribution in [-0.2, 0) is 0 Å². The third kappa shape index (κ3) is 2.59. The van der Waals surface area contributed by atoms with E-state index >= 15 is 0 Å². The Balaban J connectivity index is 2.02. The van der Waals surface area contributed by atoms with Crippen LogP contribution in [0.5, 0.6) is 0 Å². The van der Waals surface area contributed by atoms with Gasteiger partial charge in [0.2, 0.25) is 5.78 Å². The van der Waals surface area contributed by atoms with E-state index in [2.05, 4.69) is 42.9 Å². The Bertz CT molecular complexity index is 665. The standard InChI is InChI=1S/C16H13Br2NO/c17-11-8-14(18)15(19-9-11)16(20)13-7-2-1-6-12(13)10-4-3-5-10/h1-2,6-10H,3-5H2. The van der Waals surface area contributed by atoms with E-state index in [0.717, 1.165) is 14.5 Å². The molecule has 1 saturated carbocycles. The molecule has 4 heteroatoms. The maximum Gasteiger partial charge on any atom is 0.212 e. The SMILES string of the molecule is O=C(c1ccccc1C1CCC1)c1ncc(Br)cc1Br. The minimum atomic E-state index is -0.00752. The van der Waals surface area contributed by atoms with Crippen LogP contribution in [0.15, 0.2) is 45.5 Å². The Morgan fingerprint density at radius 1 is 1.20 bits per heavy atom. The molecule has 2 aromatic rings. The minimum absolute atomic E-state index is 0.00752. The van der Waals surface area contributed by atoms with Crippen LogP contribution in [0.4, 0.5) is 0 Å². The van der Waals surface area contributed by atoms with E-state index < -0.39 is 0 Å². The zero-order valence-corrected chi connectivity index (χ0v) is 13.9. The quantitative estimate of drug-likeness (QED) is 0.677. The third-order valence-electron chi connectivity index (χ3n) is 3.77. The van der Waals surface area contributed by atoms with Crippen LogP contribution in [0.2, 0.25) is 0 Å². The van der Waals surface area contributed by atoms with Gasteiger partial charge in [-0.1, -0.05) is 30.7 Å². The molecular weight excluding hydrogens is 382 g/mol. The van der Waals surface area contributed by atoms with Crippen molar-refractivity contribution >= 4 is 37.6 Å². The van der Waals surface area contributed by atoms with Crippen molar-refractivity contribution in [2.75, 3.05) is 0 Å². The highest BCUT2D eigenvalue weighted by atomic mass is 79.9. The molecule has 0 aliphatic heterocycles. The molecule has 0 N–H and O–H groups in total. The largest absolute Gasteiger partial charge is 0.287 e. The van der Waals surface area contributed by atoms with Crippen LogP contribution >= 0.6 is 31.9 Å². The lowest BCUT2D eigenvalue weighted by Gasteiger charge is -2.27. The van der Waals surface area contributed by atoms with Gasteiger partial charge in [-0.15, -0.1) is 0 Å². The molecule has 2 nitrogen and oxygen atoms in total. The maximum atomic E-state index is 12.7. The number of pyridine rings is 1. The second-order valence-electron chi connectivity index (χ2n) is 5.03. The molecule has 1 heterocycles. The summed E-state index contributed by atoms with van der Waals surface area (Å²) in [7, 11) is 0. The summed E-state index contributed by atoms with van der Waals surface area (Å²) in [5.41, 5.74) is 2.42. The van der Waals surface area contributed by atoms with E-state index in [4.69, 9.17) is 0 Å². The van der Waals surface area contributed by atoms with Crippen LogP contribution in [0.25, 0.3) is 0 Å². The van der Waals surface area contributed by atoms with Gasteiger partial charge in [-0.25, -0.2) is 0 Å². The van der Waals surface area contributed by atoms with Crippen LogP contribution in [0.1, 0.15) is 46.8 Å². The number of ketones is 1. The number of hydrogen-bond donors (Lipinski definition) is 0. The molecule has 0 amide bonds. The summed E-state index contributed by atoms with van der Waals surface area (Å²) in [6, 6.07) is 9.76. The molecule has 1 aliphatic carbocycles. The molecule has 20 heavy (non-hydrogen) atoms. The highest BCUT2D eigenvalue weighted by Gasteiger charge is 2.25. The summed E-state index contributed by atoms with van der Waals surface area (Å²) in [5.74, 6) is 0.524. The highest BCUT2D eigenvalue weighted by Crippen LogP contribution is 2.38. The molecule has 0 bridgehead atoms. The fraction of sp³-hybridized carbons (Fsp3) is 0.250. The van der Waals surface area contributed by atoms with Gasteiger partial charge in [-0.05, 0) is 62.2 Å². The molecule has 1 fully saturated rings. The number of hydrogen-bond acceptors (Lipinski definition) is 2. The number of nitrogens with zero attached hydrogens (tertiary/aromatic N) is 1. The molecule has 0 atom stereocenters. The molecule has 0 radical (unpaired) electrons. The van der Waals surface area contributed by atoms with Crippen LogP contribution < -0.4 is 0 Å². The van der Waals surface area contributed by atoms with Gasteiger partial charge in [0.1, 0.15) is 5.69 Å². The monoisotopic (exact) mass is 393 g/mol. The Hall–Kier alpha value is -1.00. The lowest BCUT2D eigenvalue weighted by molar-refractivity contribution is 0.103. The number of rotatable bonds is 3. The first-order chi connectivity index (χ1) is 9.66. The van der Waals surface area contributed by atoms with Crippen molar-refractivity contribution in [3.05, 3.63) is 62.3 Å². The average molecular weight is 395 g/mol. The van der Waals surface area contributed by atoms with Gasteiger partial charge in [0, 0.05) is 20.7 Å². The lowest BCUT2D eigenvalue weighted by atomic mass is 9.77. The molecule has 1 aromatic heterocycles. The molecule has 1 aliphatic rings. The smallest absolute Gasteiger partial charge is 0.212 e. The number of carbonyl (C=O) groups excluding carboxylic acids is 1. The number of aromatic nitrogens is 1. The van der Waals surface area contributed by atoms with Crippen molar-refractivity contribution in [1.82, 2.24) is 4.98 Å². The Morgan fingerprint density at radius 3 is 2.60 bits per heavy atom. The molecule has 0 saturated heterocycles. The molecule has 0 unspecified atom stereocenters. The van der Waals surface area contributed by atoms with E-state index in [-0.39, 0.29) is 5.78 Å².